The van der Waals surface area contributed by atoms with Crippen LogP contribution in [0.3, 0.4) is 0 Å². The molecule has 0 fully saturated rings. The maximum Gasteiger partial charge on any atom is 0.0529 e. The number of benzene rings is 2. The van der Waals surface area contributed by atoms with Gasteiger partial charge in [-0.05, 0) is 126 Å². The van der Waals surface area contributed by atoms with Gasteiger partial charge in [0.15, 0.2) is 0 Å². The van der Waals surface area contributed by atoms with Gasteiger partial charge < -0.3 is 4.57 Å². The van der Waals surface area contributed by atoms with Gasteiger partial charge in [-0.15, -0.1) is 0 Å². The lowest BCUT2D eigenvalue weighted by molar-refractivity contribution is 0.397. The molecule has 0 bridgehead atoms. The third kappa shape index (κ3) is 5.38. The van der Waals surface area contributed by atoms with Gasteiger partial charge in [0.2, 0.25) is 0 Å². The van der Waals surface area contributed by atoms with Gasteiger partial charge in [-0.3, -0.25) is 0 Å². The molecule has 2 unspecified atom stereocenters. The van der Waals surface area contributed by atoms with Crippen molar-refractivity contribution < 1.29 is 0 Å². The van der Waals surface area contributed by atoms with Gasteiger partial charge in [0.1, 0.15) is 0 Å². The lowest BCUT2D eigenvalue weighted by Crippen LogP contribution is -2.26. The second-order valence-corrected chi connectivity index (χ2v) is 13.6. The predicted octanol–water partition coefficient (Wildman–Crippen LogP) is 12.5. The number of rotatable bonds is 16. The maximum absolute atomic E-state index is 2.80. The van der Waals surface area contributed by atoms with Crippen LogP contribution in [0.15, 0.2) is 0 Å². The molecule has 0 amide bonds. The van der Waals surface area contributed by atoms with Crippen molar-refractivity contribution in [1.29, 1.82) is 0 Å². The van der Waals surface area contributed by atoms with Crippen molar-refractivity contribution in [1.82, 2.24) is 4.57 Å². The second-order valence-electron chi connectivity index (χ2n) is 13.6. The fourth-order valence-electron chi connectivity index (χ4n) is 9.13. The summed E-state index contributed by atoms with van der Waals surface area (Å²) in [4.78, 5) is 0. The van der Waals surface area contributed by atoms with E-state index in [2.05, 4.69) is 94.6 Å². The average molecular weight is 574 g/mol. The Hall–Kier alpha value is -1.76. The number of aromatic nitrogens is 1. The van der Waals surface area contributed by atoms with Gasteiger partial charge in [0.05, 0.1) is 11.0 Å². The largest absolute Gasteiger partial charge is 0.340 e. The molecule has 0 saturated carbocycles. The molecule has 1 aromatic heterocycles. The van der Waals surface area contributed by atoms with Crippen LogP contribution in [0.4, 0.5) is 0 Å². The molecular weight excluding hydrogens is 506 g/mol. The van der Waals surface area contributed by atoms with E-state index in [9.17, 15) is 0 Å². The molecule has 2 aromatic carbocycles. The van der Waals surface area contributed by atoms with Crippen LogP contribution in [-0.4, -0.2) is 4.57 Å². The summed E-state index contributed by atoms with van der Waals surface area (Å²) in [6.45, 7) is 32.9. The first-order valence-corrected chi connectivity index (χ1v) is 18.3. The fourth-order valence-corrected chi connectivity index (χ4v) is 9.13. The smallest absolute Gasteiger partial charge is 0.0529 e. The number of aryl methyl sites for hydroxylation is 5. The summed E-state index contributed by atoms with van der Waals surface area (Å²) in [5.41, 5.74) is 17.0. The van der Waals surface area contributed by atoms with Crippen molar-refractivity contribution in [2.24, 2.45) is 0 Å². The highest BCUT2D eigenvalue weighted by molar-refractivity contribution is 6.15. The summed E-state index contributed by atoms with van der Waals surface area (Å²) in [6.07, 6.45) is 15.5. The van der Waals surface area contributed by atoms with Crippen LogP contribution in [0.25, 0.3) is 21.8 Å². The van der Waals surface area contributed by atoms with Gasteiger partial charge in [0.25, 0.3) is 0 Å². The van der Waals surface area contributed by atoms with Gasteiger partial charge in [-0.1, -0.05) is 102 Å². The van der Waals surface area contributed by atoms with Crippen molar-refractivity contribution in [3.05, 3.63) is 44.5 Å². The molecule has 0 aliphatic rings. The zero-order valence-corrected chi connectivity index (χ0v) is 30.3. The zero-order valence-electron chi connectivity index (χ0n) is 30.3. The lowest BCUT2D eigenvalue weighted by atomic mass is 9.68. The molecular formula is C41H67N. The number of nitrogens with zero attached hydrogens (tertiary/aromatic N) is 1. The summed E-state index contributed by atoms with van der Waals surface area (Å²) in [6, 6.07) is 0. The average Bonchev–Trinajstić information content (AvgIpc) is 3.35. The normalized spacial score (nSPS) is 15.1. The van der Waals surface area contributed by atoms with Crippen LogP contribution in [0.1, 0.15) is 179 Å². The van der Waals surface area contributed by atoms with E-state index >= 15 is 0 Å². The number of fused-ring (bicyclic) bond motifs is 3. The monoisotopic (exact) mass is 574 g/mol. The molecule has 3 aromatic rings. The zero-order chi connectivity index (χ0) is 31.4. The van der Waals surface area contributed by atoms with E-state index in [4.69, 9.17) is 0 Å². The predicted molar refractivity (Wildman–Crippen MR) is 191 cm³/mol. The van der Waals surface area contributed by atoms with Crippen LogP contribution < -0.4 is 0 Å². The Balaban J connectivity index is 2.88. The summed E-state index contributed by atoms with van der Waals surface area (Å²) in [7, 11) is 0. The highest BCUT2D eigenvalue weighted by Crippen LogP contribution is 2.50. The SMILES string of the molecule is CCCCC(C)(CC)c1c(CC)c(CC)c2c(c1CC)c1c(CC)c(C(C)(CC)CCC)c(CC)c(CC)c1n2CC. The molecule has 0 aliphatic carbocycles. The summed E-state index contributed by atoms with van der Waals surface area (Å²) < 4.78 is 2.80. The number of unbranched alkanes of at least 4 members (excludes halogenated alkanes) is 1. The lowest BCUT2D eigenvalue weighted by Gasteiger charge is -2.36. The second kappa shape index (κ2) is 14.3. The van der Waals surface area contributed by atoms with Gasteiger partial charge in [-0.2, -0.15) is 0 Å². The van der Waals surface area contributed by atoms with E-state index in [0.717, 1.165) is 45.1 Å². The number of hydrogen-bond donors (Lipinski definition) is 0. The molecule has 3 rings (SSSR count). The van der Waals surface area contributed by atoms with Crippen LogP contribution in [0.2, 0.25) is 0 Å². The molecule has 2 atom stereocenters. The third-order valence-electron chi connectivity index (χ3n) is 11.5. The molecule has 236 valence electrons. The Kier molecular flexibility index (Phi) is 11.9. The molecule has 1 heterocycles. The van der Waals surface area contributed by atoms with Crippen molar-refractivity contribution >= 4 is 21.8 Å². The van der Waals surface area contributed by atoms with E-state index in [-0.39, 0.29) is 10.8 Å². The Morgan fingerprint density at radius 2 is 0.833 bits per heavy atom. The minimum Gasteiger partial charge on any atom is -0.340 e. The highest BCUT2D eigenvalue weighted by atomic mass is 15.0. The van der Waals surface area contributed by atoms with Crippen molar-refractivity contribution in [3.63, 3.8) is 0 Å². The first-order valence-electron chi connectivity index (χ1n) is 18.3. The Morgan fingerprint density at radius 1 is 0.452 bits per heavy atom. The third-order valence-corrected chi connectivity index (χ3v) is 11.5. The molecule has 0 aliphatic heterocycles. The van der Waals surface area contributed by atoms with Gasteiger partial charge in [-0.25, -0.2) is 0 Å². The Bertz CT molecular complexity index is 1370. The quantitative estimate of drug-likeness (QED) is 0.161. The molecule has 1 nitrogen and oxygen atoms in total. The van der Waals surface area contributed by atoms with Crippen LogP contribution in [0, 0.1) is 0 Å². The Morgan fingerprint density at radius 3 is 1.12 bits per heavy atom. The summed E-state index contributed by atoms with van der Waals surface area (Å²) in [5, 5.41) is 3.28. The van der Waals surface area contributed by atoms with E-state index < -0.39 is 0 Å². The highest BCUT2D eigenvalue weighted by Gasteiger charge is 2.36. The molecule has 42 heavy (non-hydrogen) atoms. The minimum absolute atomic E-state index is 0.218. The molecule has 1 heteroatoms. The van der Waals surface area contributed by atoms with Gasteiger partial charge >= 0.3 is 0 Å². The number of hydrogen-bond acceptors (Lipinski definition) is 0. The molecule has 0 N–H and O–H groups in total. The van der Waals surface area contributed by atoms with Gasteiger partial charge in [0, 0.05) is 17.3 Å². The van der Waals surface area contributed by atoms with Crippen molar-refractivity contribution in [2.45, 2.75) is 191 Å². The summed E-state index contributed by atoms with van der Waals surface area (Å²) >= 11 is 0. The summed E-state index contributed by atoms with van der Waals surface area (Å²) in [5.74, 6) is 0. The maximum atomic E-state index is 2.80. The van der Waals surface area contributed by atoms with Crippen molar-refractivity contribution in [2.75, 3.05) is 0 Å². The minimum atomic E-state index is 0.218. The topological polar surface area (TPSA) is 4.93 Å². The van der Waals surface area contributed by atoms with Crippen LogP contribution >= 0.6 is 0 Å². The Labute approximate surface area is 261 Å². The van der Waals surface area contributed by atoms with Crippen LogP contribution in [0.5, 0.6) is 0 Å². The van der Waals surface area contributed by atoms with Crippen LogP contribution in [-0.2, 0) is 55.9 Å². The molecule has 0 saturated heterocycles. The van der Waals surface area contributed by atoms with E-state index in [1.165, 1.54) is 44.9 Å². The van der Waals surface area contributed by atoms with E-state index in [0.29, 0.717) is 0 Å². The van der Waals surface area contributed by atoms with E-state index in [1.807, 2.05) is 0 Å². The molecule has 0 spiro atoms. The first-order chi connectivity index (χ1) is 20.1. The first kappa shape index (κ1) is 34.7. The fraction of sp³-hybridized carbons (Fsp3) is 0.707. The van der Waals surface area contributed by atoms with E-state index in [1.54, 1.807) is 66.3 Å². The van der Waals surface area contributed by atoms with Crippen molar-refractivity contribution in [3.8, 4) is 0 Å². The molecule has 0 radical (unpaired) electrons. The standard InChI is InChI=1S/C41H67N/c1-14-25-27-41(13,23-10)37-29(17-4)31(19-6)39-35(33(37)21-8)34-32(20-7)36(40(12,22-9)26-15-2)28(16-3)30(18-5)38(34)42(39)24-11/h14-27H2,1-13H3.